The number of carbonyl (C=O) groups is 1. The summed E-state index contributed by atoms with van der Waals surface area (Å²) < 4.78 is 5.66. The first-order valence-corrected chi connectivity index (χ1v) is 6.89. The number of hydrogen-bond donors (Lipinski definition) is 0. The Morgan fingerprint density at radius 2 is 2.00 bits per heavy atom. The van der Waals surface area contributed by atoms with Crippen LogP contribution >= 0.6 is 0 Å². The van der Waals surface area contributed by atoms with Crippen molar-refractivity contribution in [3.05, 3.63) is 29.8 Å². The largest absolute Gasteiger partial charge is 0.339 e. The fourth-order valence-electron chi connectivity index (χ4n) is 2.13. The van der Waals surface area contributed by atoms with Crippen LogP contribution in [0.15, 0.2) is 29.4 Å². The molecule has 1 atom stereocenters. The number of rotatable bonds is 4. The zero-order valence-corrected chi connectivity index (χ0v) is 12.4. The average Bonchev–Trinajstić information content (AvgIpc) is 2.49. The van der Waals surface area contributed by atoms with Crippen LogP contribution in [0.2, 0.25) is 0 Å². The van der Waals surface area contributed by atoms with Gasteiger partial charge in [-0.2, -0.15) is 10.4 Å². The molecule has 6 nitrogen and oxygen atoms in total. The molecule has 2 rings (SSSR count). The maximum atomic E-state index is 12.2. The normalized spacial score (nSPS) is 18.5. The van der Waals surface area contributed by atoms with Gasteiger partial charge in [0.25, 0.3) is 5.91 Å². The zero-order chi connectivity index (χ0) is 15.4. The average molecular weight is 286 g/mol. The summed E-state index contributed by atoms with van der Waals surface area (Å²) in [5, 5.41) is 14.8. The van der Waals surface area contributed by atoms with Gasteiger partial charge < -0.3 is 4.74 Å². The Labute approximate surface area is 124 Å². The molecule has 110 valence electrons. The van der Waals surface area contributed by atoms with E-state index in [4.69, 9.17) is 10.00 Å². The van der Waals surface area contributed by atoms with Crippen LogP contribution in [0, 0.1) is 18.3 Å². The molecule has 0 saturated heterocycles. The van der Waals surface area contributed by atoms with E-state index in [1.165, 1.54) is 4.90 Å². The molecule has 6 heteroatoms. The van der Waals surface area contributed by atoms with Gasteiger partial charge in [0.05, 0.1) is 5.69 Å². The number of aryl methyl sites for hydroxylation is 1. The summed E-state index contributed by atoms with van der Waals surface area (Å²) in [7, 11) is 0. The first-order valence-electron chi connectivity index (χ1n) is 6.89. The van der Waals surface area contributed by atoms with Crippen LogP contribution in [0.3, 0.4) is 0 Å². The fourth-order valence-corrected chi connectivity index (χ4v) is 2.13. The molecule has 1 heterocycles. The molecule has 1 aromatic rings. The number of hydrogen-bond acceptors (Lipinski definition) is 5. The van der Waals surface area contributed by atoms with E-state index in [1.807, 2.05) is 51.1 Å². The van der Waals surface area contributed by atoms with Gasteiger partial charge in [0.2, 0.25) is 12.1 Å². The molecule has 21 heavy (non-hydrogen) atoms. The van der Waals surface area contributed by atoms with Gasteiger partial charge in [0, 0.05) is 13.2 Å². The highest BCUT2D eigenvalue weighted by molar-refractivity contribution is 6.45. The number of carbonyl (C=O) groups excluding carboxylic acids is 1. The van der Waals surface area contributed by atoms with E-state index in [0.717, 1.165) is 11.3 Å². The van der Waals surface area contributed by atoms with Gasteiger partial charge in [-0.1, -0.05) is 17.7 Å². The summed E-state index contributed by atoms with van der Waals surface area (Å²) in [6.45, 7) is 6.57. The summed E-state index contributed by atoms with van der Waals surface area (Å²) in [4.78, 5) is 13.7. The van der Waals surface area contributed by atoms with Crippen molar-refractivity contribution in [2.24, 2.45) is 5.10 Å². The van der Waals surface area contributed by atoms with Crippen molar-refractivity contribution in [3.8, 4) is 6.07 Å². The van der Waals surface area contributed by atoms with E-state index in [1.54, 1.807) is 5.01 Å². The maximum absolute atomic E-state index is 12.2. The zero-order valence-electron chi connectivity index (χ0n) is 12.4. The van der Waals surface area contributed by atoms with Crippen molar-refractivity contribution in [3.63, 3.8) is 0 Å². The van der Waals surface area contributed by atoms with Gasteiger partial charge in [-0.3, -0.25) is 9.69 Å². The third-order valence-electron chi connectivity index (χ3n) is 3.21. The molecule has 0 unspecified atom stereocenters. The second-order valence-corrected chi connectivity index (χ2v) is 4.61. The molecule has 1 aromatic carbocycles. The van der Waals surface area contributed by atoms with Gasteiger partial charge in [-0.25, -0.2) is 5.01 Å². The summed E-state index contributed by atoms with van der Waals surface area (Å²) in [5.41, 5.74) is 1.77. The molecule has 0 N–H and O–H groups in total. The number of ether oxygens (including phenoxy) is 1. The van der Waals surface area contributed by atoms with E-state index >= 15 is 0 Å². The molecule has 0 aliphatic carbocycles. The summed E-state index contributed by atoms with van der Waals surface area (Å²) >= 11 is 0. The van der Waals surface area contributed by atoms with Gasteiger partial charge in [0.15, 0.2) is 0 Å². The van der Waals surface area contributed by atoms with Crippen LogP contribution in [0.25, 0.3) is 0 Å². The van der Waals surface area contributed by atoms with Gasteiger partial charge in [-0.05, 0) is 32.9 Å². The Balaban J connectivity index is 2.47. The van der Waals surface area contributed by atoms with Gasteiger partial charge >= 0.3 is 0 Å². The van der Waals surface area contributed by atoms with Gasteiger partial charge in [0.1, 0.15) is 6.07 Å². The van der Waals surface area contributed by atoms with E-state index in [0.29, 0.717) is 13.2 Å². The van der Waals surface area contributed by atoms with Crippen molar-refractivity contribution in [1.82, 2.24) is 4.90 Å². The number of nitriles is 1. The van der Waals surface area contributed by atoms with E-state index in [2.05, 4.69) is 5.10 Å². The quantitative estimate of drug-likeness (QED) is 0.847. The minimum absolute atomic E-state index is 0.131. The van der Waals surface area contributed by atoms with E-state index in [9.17, 15) is 4.79 Å². The molecule has 1 amide bonds. The minimum atomic E-state index is -0.632. The summed E-state index contributed by atoms with van der Waals surface area (Å²) in [6, 6.07) is 9.54. The highest BCUT2D eigenvalue weighted by atomic mass is 16.5. The minimum Gasteiger partial charge on any atom is -0.339 e. The molecule has 0 saturated carbocycles. The number of hydrazone groups is 1. The lowest BCUT2D eigenvalue weighted by molar-refractivity contribution is -0.139. The first kappa shape index (κ1) is 15.0. The Kier molecular flexibility index (Phi) is 4.55. The van der Waals surface area contributed by atoms with Gasteiger partial charge in [-0.15, -0.1) is 0 Å². The van der Waals surface area contributed by atoms with Crippen molar-refractivity contribution in [2.45, 2.75) is 27.1 Å². The van der Waals surface area contributed by atoms with Crippen molar-refractivity contribution >= 4 is 17.3 Å². The highest BCUT2D eigenvalue weighted by Crippen LogP contribution is 2.24. The second-order valence-electron chi connectivity index (χ2n) is 4.61. The van der Waals surface area contributed by atoms with Crippen LogP contribution in [-0.4, -0.2) is 36.0 Å². The molecule has 0 aromatic heterocycles. The first-order chi connectivity index (χ1) is 10.1. The Morgan fingerprint density at radius 1 is 1.33 bits per heavy atom. The van der Waals surface area contributed by atoms with Crippen LogP contribution in [0.5, 0.6) is 0 Å². The standard InChI is InChI=1S/C15H18N4O2/c1-4-18-14(20)13(10-16)17-19(15(18)21-5-2)12-8-6-11(3)7-9-12/h6-9,15H,4-5H2,1-3H3/t15-/m1/s1. The predicted molar refractivity (Wildman–Crippen MR) is 79.5 cm³/mol. The maximum Gasteiger partial charge on any atom is 0.288 e. The summed E-state index contributed by atoms with van der Waals surface area (Å²) in [6.07, 6.45) is -0.632. The second kappa shape index (κ2) is 6.37. The molecule has 0 radical (unpaired) electrons. The Morgan fingerprint density at radius 3 is 2.52 bits per heavy atom. The third kappa shape index (κ3) is 2.88. The predicted octanol–water partition coefficient (Wildman–Crippen LogP) is 1.86. The molecule has 1 aliphatic rings. The molecular formula is C15H18N4O2. The van der Waals surface area contributed by atoms with Crippen LogP contribution in [-0.2, 0) is 9.53 Å². The SMILES string of the molecule is CCO[C@@H]1N(CC)C(=O)C(C#N)=NN1c1ccc(C)cc1. The number of benzene rings is 1. The smallest absolute Gasteiger partial charge is 0.288 e. The lowest BCUT2D eigenvalue weighted by atomic mass is 10.2. The van der Waals surface area contributed by atoms with E-state index < -0.39 is 12.3 Å². The number of anilines is 1. The molecule has 0 bridgehead atoms. The number of amides is 1. The topological polar surface area (TPSA) is 68.9 Å². The Hall–Kier alpha value is -2.39. The Bertz CT molecular complexity index is 589. The number of nitrogens with zero attached hydrogens (tertiary/aromatic N) is 4. The fraction of sp³-hybridized carbons (Fsp3) is 0.400. The molecule has 0 fully saturated rings. The highest BCUT2D eigenvalue weighted by Gasteiger charge is 2.36. The van der Waals surface area contributed by atoms with Crippen molar-refractivity contribution < 1.29 is 9.53 Å². The molecule has 0 spiro atoms. The third-order valence-corrected chi connectivity index (χ3v) is 3.21. The molecule has 1 aliphatic heterocycles. The molecular weight excluding hydrogens is 268 g/mol. The van der Waals surface area contributed by atoms with E-state index in [-0.39, 0.29) is 5.71 Å². The summed E-state index contributed by atoms with van der Waals surface area (Å²) in [5.74, 6) is -0.401. The lowest BCUT2D eigenvalue weighted by Gasteiger charge is -2.39. The van der Waals surface area contributed by atoms with Crippen LogP contribution in [0.4, 0.5) is 5.69 Å². The van der Waals surface area contributed by atoms with Crippen molar-refractivity contribution in [1.29, 1.82) is 5.26 Å². The van der Waals surface area contributed by atoms with Crippen LogP contribution in [0.1, 0.15) is 19.4 Å². The monoisotopic (exact) mass is 286 g/mol. The lowest BCUT2D eigenvalue weighted by Crippen LogP contribution is -2.56. The van der Waals surface area contributed by atoms with Crippen LogP contribution < -0.4 is 5.01 Å². The van der Waals surface area contributed by atoms with Crippen molar-refractivity contribution in [2.75, 3.05) is 18.2 Å².